The highest BCUT2D eigenvalue weighted by Gasteiger charge is 2.46. The molecule has 2 unspecified atom stereocenters. The number of epoxide rings is 1. The fraction of sp³-hybridized carbons (Fsp3) is 1.00. The molecule has 0 aromatic heterocycles. The molecule has 18 heavy (non-hydrogen) atoms. The van der Waals surface area contributed by atoms with Crippen LogP contribution < -0.4 is 0 Å². The molecule has 2 heterocycles. The molecule has 0 amide bonds. The molecule has 2 fully saturated rings. The van der Waals surface area contributed by atoms with E-state index in [0.29, 0.717) is 17.7 Å². The number of piperidine rings is 1. The fourth-order valence-corrected chi connectivity index (χ4v) is 3.65. The van der Waals surface area contributed by atoms with Crippen LogP contribution in [0.2, 0.25) is 0 Å². The second-order valence-corrected chi connectivity index (χ2v) is 7.10. The van der Waals surface area contributed by atoms with E-state index in [1.807, 2.05) is 0 Å². The summed E-state index contributed by atoms with van der Waals surface area (Å²) in [4.78, 5) is 2.59. The molecule has 2 heteroatoms. The lowest BCUT2D eigenvalue weighted by atomic mass is 9.68. The first-order valence-electron chi connectivity index (χ1n) is 7.88. The van der Waals surface area contributed by atoms with Gasteiger partial charge in [-0.05, 0) is 36.5 Å². The number of hydrogen-bond donors (Lipinski definition) is 0. The summed E-state index contributed by atoms with van der Waals surface area (Å²) in [5, 5.41) is 0. The highest BCUT2D eigenvalue weighted by Crippen LogP contribution is 2.44. The Balaban J connectivity index is 1.81. The molecule has 0 bridgehead atoms. The highest BCUT2D eigenvalue weighted by atomic mass is 16.6. The van der Waals surface area contributed by atoms with Crippen molar-refractivity contribution in [3.05, 3.63) is 0 Å². The third-order valence-electron chi connectivity index (χ3n) is 5.34. The van der Waals surface area contributed by atoms with E-state index in [1.165, 1.54) is 38.8 Å². The van der Waals surface area contributed by atoms with E-state index < -0.39 is 0 Å². The fourth-order valence-electron chi connectivity index (χ4n) is 3.65. The van der Waals surface area contributed by atoms with Crippen molar-refractivity contribution in [3.63, 3.8) is 0 Å². The van der Waals surface area contributed by atoms with Crippen molar-refractivity contribution < 1.29 is 4.74 Å². The van der Waals surface area contributed by atoms with Gasteiger partial charge in [0.15, 0.2) is 0 Å². The molecule has 2 aliphatic heterocycles. The summed E-state index contributed by atoms with van der Waals surface area (Å²) in [6, 6.07) is 0. The summed E-state index contributed by atoms with van der Waals surface area (Å²) >= 11 is 0. The minimum atomic E-state index is 0.453. The number of hydrogen-bond acceptors (Lipinski definition) is 2. The molecule has 2 atom stereocenters. The summed E-state index contributed by atoms with van der Waals surface area (Å²) in [5.74, 6) is 1.58. The van der Waals surface area contributed by atoms with Gasteiger partial charge in [0.05, 0.1) is 6.10 Å². The maximum absolute atomic E-state index is 5.86. The van der Waals surface area contributed by atoms with Gasteiger partial charge in [0, 0.05) is 13.1 Å². The second kappa shape index (κ2) is 5.50. The van der Waals surface area contributed by atoms with Gasteiger partial charge in [0.25, 0.3) is 0 Å². The van der Waals surface area contributed by atoms with Gasteiger partial charge >= 0.3 is 0 Å². The molecule has 0 aliphatic carbocycles. The van der Waals surface area contributed by atoms with Crippen molar-refractivity contribution in [2.24, 2.45) is 17.3 Å². The smallest absolute Gasteiger partial charge is 0.137 e. The van der Waals surface area contributed by atoms with Crippen molar-refractivity contribution in [1.29, 1.82) is 0 Å². The monoisotopic (exact) mass is 253 g/mol. The first-order valence-corrected chi connectivity index (χ1v) is 7.88. The summed E-state index contributed by atoms with van der Waals surface area (Å²) in [6.07, 6.45) is 6.25. The Morgan fingerprint density at radius 2 is 1.78 bits per heavy atom. The maximum Gasteiger partial charge on any atom is 0.137 e. The van der Waals surface area contributed by atoms with Crippen molar-refractivity contribution >= 4 is 0 Å². The van der Waals surface area contributed by atoms with Gasteiger partial charge in [-0.25, -0.2) is 0 Å². The summed E-state index contributed by atoms with van der Waals surface area (Å²) in [5.41, 5.74) is 0.596. The first-order chi connectivity index (χ1) is 8.48. The Morgan fingerprint density at radius 3 is 2.22 bits per heavy atom. The molecule has 2 aliphatic rings. The van der Waals surface area contributed by atoms with Gasteiger partial charge < -0.3 is 4.74 Å². The van der Waals surface area contributed by atoms with Gasteiger partial charge in [-0.3, -0.25) is 4.90 Å². The van der Waals surface area contributed by atoms with Crippen LogP contribution in [-0.2, 0) is 4.74 Å². The van der Waals surface area contributed by atoms with Crippen molar-refractivity contribution in [3.8, 4) is 0 Å². The van der Waals surface area contributed by atoms with Crippen LogP contribution in [0.1, 0.15) is 60.3 Å². The average molecular weight is 253 g/mol. The van der Waals surface area contributed by atoms with Crippen LogP contribution in [0, 0.1) is 17.3 Å². The largest absolute Gasteiger partial charge is 0.353 e. The van der Waals surface area contributed by atoms with Crippen molar-refractivity contribution in [1.82, 2.24) is 4.90 Å². The molecule has 0 spiro atoms. The third kappa shape index (κ3) is 2.91. The summed E-state index contributed by atoms with van der Waals surface area (Å²) in [7, 11) is 0. The zero-order valence-corrected chi connectivity index (χ0v) is 12.9. The standard InChI is InChI=1S/C16H31NO/c1-6-16(13(4)5)7-9-17(10-8-16)15-14(18-15)11-12(2)3/h12-15H,6-11H2,1-5H3. The lowest BCUT2D eigenvalue weighted by molar-refractivity contribution is 0.0352. The molecule has 0 N–H and O–H groups in total. The zero-order valence-electron chi connectivity index (χ0n) is 12.9. The normalized spacial score (nSPS) is 32.2. The van der Waals surface area contributed by atoms with Crippen LogP contribution in [0.4, 0.5) is 0 Å². The molecule has 0 radical (unpaired) electrons. The van der Waals surface area contributed by atoms with Crippen molar-refractivity contribution in [2.45, 2.75) is 72.6 Å². The number of likely N-dealkylation sites (tertiary alicyclic amines) is 1. The Labute approximate surface area is 113 Å². The van der Waals surface area contributed by atoms with E-state index >= 15 is 0 Å². The molecule has 106 valence electrons. The Morgan fingerprint density at radius 1 is 1.17 bits per heavy atom. The maximum atomic E-state index is 5.86. The van der Waals surface area contributed by atoms with Crippen LogP contribution in [0.15, 0.2) is 0 Å². The number of nitrogens with zero attached hydrogens (tertiary/aromatic N) is 1. The molecular weight excluding hydrogens is 222 g/mol. The topological polar surface area (TPSA) is 15.8 Å². The molecule has 0 aromatic carbocycles. The van der Waals surface area contributed by atoms with Gasteiger partial charge in [-0.2, -0.15) is 0 Å². The van der Waals surface area contributed by atoms with Crippen LogP contribution in [-0.4, -0.2) is 30.3 Å². The van der Waals surface area contributed by atoms with Gasteiger partial charge in [-0.1, -0.05) is 41.0 Å². The first kappa shape index (κ1) is 14.3. The SMILES string of the molecule is CCC1(C(C)C)CCN(C2OC2CC(C)C)CC1. The predicted molar refractivity (Wildman–Crippen MR) is 76.5 cm³/mol. The Hall–Kier alpha value is -0.0800. The molecular formula is C16H31NO. The lowest BCUT2D eigenvalue weighted by Gasteiger charge is -2.44. The van der Waals surface area contributed by atoms with E-state index in [2.05, 4.69) is 39.5 Å². The molecule has 2 rings (SSSR count). The molecule has 0 saturated carbocycles. The van der Waals surface area contributed by atoms with Gasteiger partial charge in [0.1, 0.15) is 6.23 Å². The van der Waals surface area contributed by atoms with E-state index in [-0.39, 0.29) is 0 Å². The average Bonchev–Trinajstić information content (AvgIpc) is 3.07. The summed E-state index contributed by atoms with van der Waals surface area (Å²) < 4.78 is 5.86. The van der Waals surface area contributed by atoms with Gasteiger partial charge in [-0.15, -0.1) is 0 Å². The van der Waals surface area contributed by atoms with E-state index in [4.69, 9.17) is 4.74 Å². The number of ether oxygens (including phenoxy) is 1. The molecule has 0 aromatic rings. The minimum Gasteiger partial charge on any atom is -0.353 e. The Kier molecular flexibility index (Phi) is 4.38. The highest BCUT2D eigenvalue weighted by molar-refractivity contribution is 4.93. The summed E-state index contributed by atoms with van der Waals surface area (Å²) in [6.45, 7) is 14.2. The second-order valence-electron chi connectivity index (χ2n) is 7.10. The van der Waals surface area contributed by atoms with E-state index in [0.717, 1.165) is 11.8 Å². The van der Waals surface area contributed by atoms with Crippen LogP contribution in [0.5, 0.6) is 0 Å². The van der Waals surface area contributed by atoms with Crippen LogP contribution >= 0.6 is 0 Å². The minimum absolute atomic E-state index is 0.453. The van der Waals surface area contributed by atoms with Crippen molar-refractivity contribution in [2.75, 3.05) is 13.1 Å². The predicted octanol–water partition coefficient (Wildman–Crippen LogP) is 3.91. The van der Waals surface area contributed by atoms with E-state index in [9.17, 15) is 0 Å². The quantitative estimate of drug-likeness (QED) is 0.691. The lowest BCUT2D eigenvalue weighted by Crippen LogP contribution is -2.44. The number of rotatable bonds is 5. The molecule has 2 saturated heterocycles. The molecule has 2 nitrogen and oxygen atoms in total. The zero-order chi connectivity index (χ0) is 13.3. The Bertz CT molecular complexity index is 266. The van der Waals surface area contributed by atoms with Gasteiger partial charge in [0.2, 0.25) is 0 Å². The van der Waals surface area contributed by atoms with E-state index in [1.54, 1.807) is 0 Å². The van der Waals surface area contributed by atoms with Crippen LogP contribution in [0.25, 0.3) is 0 Å². The third-order valence-corrected chi connectivity index (χ3v) is 5.34. The van der Waals surface area contributed by atoms with Crippen LogP contribution in [0.3, 0.4) is 0 Å².